The van der Waals surface area contributed by atoms with E-state index in [1.165, 1.54) is 4.70 Å². The molecule has 0 spiro atoms. The maximum absolute atomic E-state index is 10.6. The van der Waals surface area contributed by atoms with Crippen molar-refractivity contribution in [1.82, 2.24) is 4.98 Å². The highest BCUT2D eigenvalue weighted by atomic mass is 32.1. The molecule has 0 saturated heterocycles. The summed E-state index contributed by atoms with van der Waals surface area (Å²) in [7, 11) is 0. The van der Waals surface area contributed by atoms with Crippen LogP contribution in [-0.2, 0) is 0 Å². The Bertz CT molecular complexity index is 708. The summed E-state index contributed by atoms with van der Waals surface area (Å²) in [4.78, 5) is 15.1. The van der Waals surface area contributed by atoms with E-state index in [-0.39, 0.29) is 0 Å². The lowest BCUT2D eigenvalue weighted by Crippen LogP contribution is -1.78. The molecule has 0 saturated carbocycles. The van der Waals surface area contributed by atoms with Crippen LogP contribution in [0.2, 0.25) is 0 Å². The molecule has 0 N–H and O–H groups in total. The second-order valence-electron chi connectivity index (χ2n) is 4.14. The van der Waals surface area contributed by atoms with E-state index in [0.29, 0.717) is 5.56 Å². The van der Waals surface area contributed by atoms with Gasteiger partial charge in [0.2, 0.25) is 0 Å². The molecule has 0 radical (unpaired) electrons. The zero-order chi connectivity index (χ0) is 13.1. The van der Waals surface area contributed by atoms with Crippen molar-refractivity contribution in [2.75, 3.05) is 0 Å². The quantitative estimate of drug-likeness (QED) is 0.662. The number of carbonyl (C=O) groups is 1. The molecule has 0 aliphatic rings. The van der Waals surface area contributed by atoms with Crippen LogP contribution in [0.25, 0.3) is 22.4 Å². The Morgan fingerprint density at radius 3 is 2.37 bits per heavy atom. The number of aromatic nitrogens is 1. The van der Waals surface area contributed by atoms with Gasteiger partial charge in [-0.1, -0.05) is 42.5 Å². The van der Waals surface area contributed by atoms with Gasteiger partial charge in [0.25, 0.3) is 0 Å². The molecule has 0 amide bonds. The minimum absolute atomic E-state index is 0.692. The maximum Gasteiger partial charge on any atom is 0.150 e. The number of fused-ring (bicyclic) bond motifs is 1. The number of carbonyl (C=O) groups excluding carboxylic acids is 1. The first-order valence-corrected chi connectivity index (χ1v) is 6.76. The molecule has 92 valence electrons. The van der Waals surface area contributed by atoms with Gasteiger partial charge in [-0.15, -0.1) is 11.3 Å². The lowest BCUT2D eigenvalue weighted by molar-refractivity contribution is 0.112. The van der Waals surface area contributed by atoms with Gasteiger partial charge < -0.3 is 0 Å². The SMILES string of the molecule is O=Cc1ccc(C=Cc2nc3ccccc3s2)cc1. The van der Waals surface area contributed by atoms with E-state index in [1.807, 2.05) is 54.6 Å². The summed E-state index contributed by atoms with van der Waals surface area (Å²) in [6, 6.07) is 15.6. The highest BCUT2D eigenvalue weighted by Gasteiger charge is 1.99. The summed E-state index contributed by atoms with van der Waals surface area (Å²) in [5.74, 6) is 0. The fraction of sp³-hybridized carbons (Fsp3) is 0. The van der Waals surface area contributed by atoms with Gasteiger partial charge in [-0.3, -0.25) is 4.79 Å². The van der Waals surface area contributed by atoms with E-state index >= 15 is 0 Å². The van der Waals surface area contributed by atoms with E-state index in [1.54, 1.807) is 11.3 Å². The third kappa shape index (κ3) is 2.61. The summed E-state index contributed by atoms with van der Waals surface area (Å²) in [5.41, 5.74) is 2.78. The predicted molar refractivity (Wildman–Crippen MR) is 80.4 cm³/mol. The van der Waals surface area contributed by atoms with E-state index in [0.717, 1.165) is 22.4 Å². The fourth-order valence-corrected chi connectivity index (χ4v) is 2.68. The van der Waals surface area contributed by atoms with Gasteiger partial charge in [-0.2, -0.15) is 0 Å². The number of thiazole rings is 1. The molecule has 3 aromatic rings. The second-order valence-corrected chi connectivity index (χ2v) is 5.20. The first-order valence-electron chi connectivity index (χ1n) is 5.94. The Morgan fingerprint density at radius 2 is 1.63 bits per heavy atom. The smallest absolute Gasteiger partial charge is 0.150 e. The van der Waals surface area contributed by atoms with Crippen LogP contribution in [0.1, 0.15) is 20.9 Å². The molecule has 3 rings (SSSR count). The second kappa shape index (κ2) is 5.16. The normalized spacial score (nSPS) is 11.2. The van der Waals surface area contributed by atoms with E-state index < -0.39 is 0 Å². The predicted octanol–water partition coefficient (Wildman–Crippen LogP) is 4.28. The standard InChI is InChI=1S/C16H11NOS/c18-11-13-7-5-12(6-8-13)9-10-16-17-14-3-1-2-4-15(14)19-16/h1-11H. The number of hydrogen-bond acceptors (Lipinski definition) is 3. The van der Waals surface area contributed by atoms with Crippen LogP contribution in [0, 0.1) is 0 Å². The number of benzene rings is 2. The number of aldehydes is 1. The molecular weight excluding hydrogens is 254 g/mol. The molecule has 0 aliphatic carbocycles. The number of para-hydroxylation sites is 1. The lowest BCUT2D eigenvalue weighted by Gasteiger charge is -1.92. The molecule has 2 nitrogen and oxygen atoms in total. The molecule has 0 fully saturated rings. The monoisotopic (exact) mass is 265 g/mol. The molecule has 19 heavy (non-hydrogen) atoms. The van der Waals surface area contributed by atoms with Crippen molar-refractivity contribution >= 4 is 40.0 Å². The van der Waals surface area contributed by atoms with Gasteiger partial charge in [0.1, 0.15) is 11.3 Å². The fourth-order valence-electron chi connectivity index (χ4n) is 1.81. The Hall–Kier alpha value is -2.26. The minimum atomic E-state index is 0.692. The van der Waals surface area contributed by atoms with Gasteiger partial charge in [0, 0.05) is 5.56 Å². The van der Waals surface area contributed by atoms with Crippen molar-refractivity contribution in [2.45, 2.75) is 0 Å². The Labute approximate surface area is 115 Å². The van der Waals surface area contributed by atoms with Gasteiger partial charge >= 0.3 is 0 Å². The average Bonchev–Trinajstić information content (AvgIpc) is 2.88. The summed E-state index contributed by atoms with van der Waals surface area (Å²) >= 11 is 1.67. The lowest BCUT2D eigenvalue weighted by atomic mass is 10.1. The molecule has 0 aliphatic heterocycles. The molecule has 0 atom stereocenters. The molecule has 1 aromatic heterocycles. The zero-order valence-corrected chi connectivity index (χ0v) is 10.9. The van der Waals surface area contributed by atoms with Crippen molar-refractivity contribution in [2.24, 2.45) is 0 Å². The third-order valence-electron chi connectivity index (χ3n) is 2.80. The zero-order valence-electron chi connectivity index (χ0n) is 10.1. The van der Waals surface area contributed by atoms with Gasteiger partial charge in [0.15, 0.2) is 0 Å². The first-order chi connectivity index (χ1) is 9.35. The van der Waals surface area contributed by atoms with Crippen molar-refractivity contribution in [3.8, 4) is 0 Å². The maximum atomic E-state index is 10.6. The number of hydrogen-bond donors (Lipinski definition) is 0. The molecule has 0 bridgehead atoms. The van der Waals surface area contributed by atoms with Gasteiger partial charge in [-0.05, 0) is 23.8 Å². The topological polar surface area (TPSA) is 30.0 Å². The van der Waals surface area contributed by atoms with Crippen molar-refractivity contribution in [3.63, 3.8) is 0 Å². The van der Waals surface area contributed by atoms with Crippen LogP contribution in [-0.4, -0.2) is 11.3 Å². The van der Waals surface area contributed by atoms with Crippen LogP contribution in [0.4, 0.5) is 0 Å². The highest BCUT2D eigenvalue weighted by Crippen LogP contribution is 2.23. The van der Waals surface area contributed by atoms with E-state index in [9.17, 15) is 4.79 Å². The molecule has 0 unspecified atom stereocenters. The van der Waals surface area contributed by atoms with E-state index in [2.05, 4.69) is 11.1 Å². The Morgan fingerprint density at radius 1 is 0.895 bits per heavy atom. The third-order valence-corrected chi connectivity index (χ3v) is 3.80. The van der Waals surface area contributed by atoms with Gasteiger partial charge in [-0.25, -0.2) is 4.98 Å². The van der Waals surface area contributed by atoms with Crippen LogP contribution >= 0.6 is 11.3 Å². The summed E-state index contributed by atoms with van der Waals surface area (Å²) in [6.07, 6.45) is 4.86. The summed E-state index contributed by atoms with van der Waals surface area (Å²) in [5, 5.41) is 0.987. The van der Waals surface area contributed by atoms with Crippen LogP contribution < -0.4 is 0 Å². The Balaban J connectivity index is 1.86. The number of nitrogens with zero attached hydrogens (tertiary/aromatic N) is 1. The molecular formula is C16H11NOS. The molecule has 1 heterocycles. The Kier molecular flexibility index (Phi) is 3.21. The molecule has 2 aromatic carbocycles. The van der Waals surface area contributed by atoms with Crippen molar-refractivity contribution in [3.05, 3.63) is 64.7 Å². The molecule has 3 heteroatoms. The largest absolute Gasteiger partial charge is 0.298 e. The minimum Gasteiger partial charge on any atom is -0.298 e. The highest BCUT2D eigenvalue weighted by molar-refractivity contribution is 7.19. The van der Waals surface area contributed by atoms with Crippen LogP contribution in [0.3, 0.4) is 0 Å². The average molecular weight is 265 g/mol. The summed E-state index contributed by atoms with van der Waals surface area (Å²) in [6.45, 7) is 0. The van der Waals surface area contributed by atoms with Crippen molar-refractivity contribution in [1.29, 1.82) is 0 Å². The van der Waals surface area contributed by atoms with Crippen molar-refractivity contribution < 1.29 is 4.79 Å². The first kappa shape index (κ1) is 11.8. The van der Waals surface area contributed by atoms with Crippen LogP contribution in [0.15, 0.2) is 48.5 Å². The summed E-state index contributed by atoms with van der Waals surface area (Å²) < 4.78 is 1.19. The van der Waals surface area contributed by atoms with E-state index in [4.69, 9.17) is 0 Å². The van der Waals surface area contributed by atoms with Gasteiger partial charge in [0.05, 0.1) is 10.2 Å². The number of rotatable bonds is 3. The van der Waals surface area contributed by atoms with Crippen LogP contribution in [0.5, 0.6) is 0 Å².